The van der Waals surface area contributed by atoms with Gasteiger partial charge in [0.25, 0.3) is 10.0 Å². The Bertz CT molecular complexity index is 788. The van der Waals surface area contributed by atoms with Gasteiger partial charge in [0, 0.05) is 6.07 Å². The highest BCUT2D eigenvalue weighted by Gasteiger charge is 2.30. The Balaban J connectivity index is 2.05. The predicted octanol–water partition coefficient (Wildman–Crippen LogP) is 2.98. The van der Waals surface area contributed by atoms with Gasteiger partial charge in [-0.25, -0.2) is 12.8 Å². The average molecular weight is 321 g/mol. The number of aryl methyl sites for hydroxylation is 1. The summed E-state index contributed by atoms with van der Waals surface area (Å²) in [4.78, 5) is 0.196. The smallest absolute Gasteiger partial charge is 0.264 e. The molecular formula is C16H16FNO3S. The van der Waals surface area contributed by atoms with Crippen LogP contribution in [0.25, 0.3) is 0 Å². The maximum atomic E-state index is 13.5. The van der Waals surface area contributed by atoms with Crippen LogP contribution in [0.5, 0.6) is 5.75 Å². The largest absolute Gasteiger partial charge is 0.489 e. The molecule has 6 heteroatoms. The zero-order valence-electron chi connectivity index (χ0n) is 12.1. The third kappa shape index (κ3) is 2.54. The van der Waals surface area contributed by atoms with Crippen LogP contribution in [-0.2, 0) is 16.4 Å². The Morgan fingerprint density at radius 1 is 1.18 bits per heavy atom. The fourth-order valence-corrected chi connectivity index (χ4v) is 3.89. The molecule has 3 rings (SSSR count). The summed E-state index contributed by atoms with van der Waals surface area (Å²) in [5.74, 6) is -0.118. The van der Waals surface area contributed by atoms with E-state index in [1.54, 1.807) is 24.3 Å². The number of anilines is 1. The van der Waals surface area contributed by atoms with Crippen LogP contribution in [0.4, 0.5) is 10.1 Å². The maximum absolute atomic E-state index is 13.5. The highest BCUT2D eigenvalue weighted by molar-refractivity contribution is 7.92. The zero-order chi connectivity index (χ0) is 15.7. The van der Waals surface area contributed by atoms with Gasteiger partial charge in [0.2, 0.25) is 0 Å². The molecule has 1 aliphatic rings. The molecule has 1 heterocycles. The highest BCUT2D eigenvalue weighted by Crippen LogP contribution is 2.35. The second kappa shape index (κ2) is 5.61. The lowest BCUT2D eigenvalue weighted by atomic mass is 10.2. The van der Waals surface area contributed by atoms with E-state index < -0.39 is 15.8 Å². The molecule has 2 aromatic carbocycles. The highest BCUT2D eigenvalue weighted by atomic mass is 32.2. The minimum Gasteiger partial charge on any atom is -0.489 e. The summed E-state index contributed by atoms with van der Waals surface area (Å²) in [6.45, 7) is 2.41. The van der Waals surface area contributed by atoms with E-state index >= 15 is 0 Å². The minimum absolute atomic E-state index is 0.161. The van der Waals surface area contributed by atoms with E-state index in [1.807, 2.05) is 6.92 Å². The molecule has 22 heavy (non-hydrogen) atoms. The van der Waals surface area contributed by atoms with Crippen LogP contribution in [0.2, 0.25) is 0 Å². The molecule has 0 spiro atoms. The molecule has 0 fully saturated rings. The Hall–Kier alpha value is -2.08. The number of halogens is 1. The quantitative estimate of drug-likeness (QED) is 0.873. The molecule has 0 bridgehead atoms. The summed E-state index contributed by atoms with van der Waals surface area (Å²) in [5.41, 5.74) is 1.30. The molecule has 0 radical (unpaired) electrons. The van der Waals surface area contributed by atoms with Crippen LogP contribution in [-0.4, -0.2) is 21.6 Å². The number of fused-ring (bicyclic) bond motifs is 1. The van der Waals surface area contributed by atoms with Crippen molar-refractivity contribution in [1.82, 2.24) is 0 Å². The van der Waals surface area contributed by atoms with Crippen molar-refractivity contribution in [2.45, 2.75) is 18.2 Å². The number of ether oxygens (including phenoxy) is 1. The molecular weight excluding hydrogens is 305 g/mol. The summed E-state index contributed by atoms with van der Waals surface area (Å²) in [7, 11) is -3.73. The normalized spacial score (nSPS) is 14.4. The summed E-state index contributed by atoms with van der Waals surface area (Å²) in [6, 6.07) is 10.6. The number of sulfonamides is 1. The van der Waals surface area contributed by atoms with Crippen molar-refractivity contribution in [3.8, 4) is 5.75 Å². The van der Waals surface area contributed by atoms with Crippen molar-refractivity contribution in [1.29, 1.82) is 0 Å². The summed E-state index contributed by atoms with van der Waals surface area (Å²) >= 11 is 0. The third-order valence-corrected chi connectivity index (χ3v) is 5.49. The van der Waals surface area contributed by atoms with Gasteiger partial charge >= 0.3 is 0 Å². The fourth-order valence-electron chi connectivity index (χ4n) is 2.44. The van der Waals surface area contributed by atoms with Gasteiger partial charge < -0.3 is 4.74 Å². The van der Waals surface area contributed by atoms with Crippen LogP contribution >= 0.6 is 0 Å². The second-order valence-corrected chi connectivity index (χ2v) is 6.90. The van der Waals surface area contributed by atoms with E-state index in [2.05, 4.69) is 0 Å². The molecule has 0 amide bonds. The second-order valence-electron chi connectivity index (χ2n) is 5.04. The number of nitrogens with zero attached hydrogens (tertiary/aromatic N) is 1. The Kier molecular flexibility index (Phi) is 3.78. The molecule has 0 saturated carbocycles. The van der Waals surface area contributed by atoms with Gasteiger partial charge in [0.15, 0.2) is 0 Å². The van der Waals surface area contributed by atoms with Crippen LogP contribution in [0, 0.1) is 5.82 Å². The number of hydrogen-bond acceptors (Lipinski definition) is 3. The average Bonchev–Trinajstić information content (AvgIpc) is 2.54. The van der Waals surface area contributed by atoms with Gasteiger partial charge in [-0.2, -0.15) is 0 Å². The lowest BCUT2D eigenvalue weighted by Gasteiger charge is -2.30. The van der Waals surface area contributed by atoms with E-state index in [4.69, 9.17) is 4.74 Å². The van der Waals surface area contributed by atoms with Gasteiger partial charge in [-0.1, -0.05) is 19.1 Å². The summed E-state index contributed by atoms with van der Waals surface area (Å²) in [5, 5.41) is 0. The molecule has 0 N–H and O–H groups in total. The topological polar surface area (TPSA) is 46.6 Å². The first-order valence-electron chi connectivity index (χ1n) is 7.06. The van der Waals surface area contributed by atoms with Gasteiger partial charge in [0.05, 0.1) is 17.1 Å². The lowest BCUT2D eigenvalue weighted by Crippen LogP contribution is -2.38. The lowest BCUT2D eigenvalue weighted by molar-refractivity contribution is 0.315. The molecule has 0 saturated heterocycles. The first-order valence-corrected chi connectivity index (χ1v) is 8.50. The Labute approximate surface area is 129 Å². The molecule has 116 valence electrons. The monoisotopic (exact) mass is 321 g/mol. The van der Waals surface area contributed by atoms with Crippen molar-refractivity contribution >= 4 is 15.7 Å². The van der Waals surface area contributed by atoms with Crippen molar-refractivity contribution in [2.24, 2.45) is 0 Å². The van der Waals surface area contributed by atoms with E-state index in [1.165, 1.54) is 22.5 Å². The van der Waals surface area contributed by atoms with E-state index in [0.717, 1.165) is 12.0 Å². The van der Waals surface area contributed by atoms with Gasteiger partial charge in [-0.3, -0.25) is 4.31 Å². The van der Waals surface area contributed by atoms with Gasteiger partial charge in [-0.15, -0.1) is 0 Å². The van der Waals surface area contributed by atoms with E-state index in [0.29, 0.717) is 5.75 Å². The summed E-state index contributed by atoms with van der Waals surface area (Å²) < 4.78 is 45.7. The molecule has 0 unspecified atom stereocenters. The van der Waals surface area contributed by atoms with Crippen LogP contribution in [0.3, 0.4) is 0 Å². The minimum atomic E-state index is -3.73. The first kappa shape index (κ1) is 14.8. The molecule has 0 aromatic heterocycles. The van der Waals surface area contributed by atoms with Crippen molar-refractivity contribution in [3.63, 3.8) is 0 Å². The standard InChI is InChI=1S/C16H16FNO3S/c1-2-12-3-6-14(7-4-12)22(19,20)18-9-10-21-16-8-5-13(17)11-15(16)18/h3-8,11H,2,9-10H2,1H3. The zero-order valence-corrected chi connectivity index (χ0v) is 12.9. The molecule has 0 aliphatic carbocycles. The fraction of sp³-hybridized carbons (Fsp3) is 0.250. The van der Waals surface area contributed by atoms with Crippen LogP contribution in [0.1, 0.15) is 12.5 Å². The first-order chi connectivity index (χ1) is 10.5. The molecule has 4 nitrogen and oxygen atoms in total. The van der Waals surface area contributed by atoms with Crippen molar-refractivity contribution < 1.29 is 17.5 Å². The van der Waals surface area contributed by atoms with Gasteiger partial charge in [0.1, 0.15) is 18.2 Å². The van der Waals surface area contributed by atoms with Gasteiger partial charge in [-0.05, 0) is 36.2 Å². The number of rotatable bonds is 3. The summed E-state index contributed by atoms with van der Waals surface area (Å²) in [6.07, 6.45) is 0.839. The third-order valence-electron chi connectivity index (χ3n) is 3.66. The molecule has 1 aliphatic heterocycles. The number of benzene rings is 2. The molecule has 2 aromatic rings. The van der Waals surface area contributed by atoms with Crippen molar-refractivity contribution in [2.75, 3.05) is 17.5 Å². The SMILES string of the molecule is CCc1ccc(S(=O)(=O)N2CCOc3ccc(F)cc32)cc1. The maximum Gasteiger partial charge on any atom is 0.264 e. The Morgan fingerprint density at radius 2 is 1.91 bits per heavy atom. The number of hydrogen-bond donors (Lipinski definition) is 0. The van der Waals surface area contributed by atoms with Crippen LogP contribution < -0.4 is 9.04 Å². The van der Waals surface area contributed by atoms with Crippen LogP contribution in [0.15, 0.2) is 47.4 Å². The predicted molar refractivity (Wildman–Crippen MR) is 82.2 cm³/mol. The molecule has 0 atom stereocenters. The van der Waals surface area contributed by atoms with Crippen molar-refractivity contribution in [3.05, 3.63) is 53.8 Å². The van der Waals surface area contributed by atoms with E-state index in [-0.39, 0.29) is 23.7 Å². The Morgan fingerprint density at radius 3 is 2.59 bits per heavy atom. The van der Waals surface area contributed by atoms with E-state index in [9.17, 15) is 12.8 Å².